The number of ether oxygens (including phenoxy) is 1. The van der Waals surface area contributed by atoms with Gasteiger partial charge in [0.05, 0.1) is 18.6 Å². The van der Waals surface area contributed by atoms with Gasteiger partial charge in [-0.1, -0.05) is 45.2 Å². The molecule has 2 fully saturated rings. The number of rotatable bonds is 4. The molecule has 25 heavy (non-hydrogen) atoms. The van der Waals surface area contributed by atoms with Crippen molar-refractivity contribution in [1.29, 1.82) is 5.26 Å². The predicted molar refractivity (Wildman–Crippen MR) is 102 cm³/mol. The summed E-state index contributed by atoms with van der Waals surface area (Å²) >= 11 is 0. The van der Waals surface area contributed by atoms with E-state index in [4.69, 9.17) is 4.74 Å². The molecule has 0 N–H and O–H groups in total. The fraction of sp³-hybridized carbons (Fsp3) is 0.696. The van der Waals surface area contributed by atoms with Crippen molar-refractivity contribution < 1.29 is 4.74 Å². The molecular formula is C23H33NO. The Labute approximate surface area is 152 Å². The standard InChI is InChI=1S/C16H27N.C7H6O/c1-3-5-13-6-7-15-11-16(4-2,12-17)9-8-14(15)10-13;1-8-7-4-5-2-3-6(5)7/h13-15H,3-11H2,1-2H3;2-4H,1H3. The lowest BCUT2D eigenvalue weighted by Crippen LogP contribution is -2.36. The van der Waals surface area contributed by atoms with Crippen LogP contribution in [-0.2, 0) is 0 Å². The van der Waals surface area contributed by atoms with Crippen LogP contribution in [0.2, 0.25) is 0 Å². The highest BCUT2D eigenvalue weighted by atomic mass is 16.5. The van der Waals surface area contributed by atoms with E-state index < -0.39 is 0 Å². The second-order valence-corrected chi connectivity index (χ2v) is 8.39. The van der Waals surface area contributed by atoms with E-state index >= 15 is 0 Å². The van der Waals surface area contributed by atoms with Gasteiger partial charge in [-0.05, 0) is 67.6 Å². The van der Waals surface area contributed by atoms with E-state index in [1.807, 2.05) is 6.07 Å². The first kappa shape index (κ1) is 18.3. The van der Waals surface area contributed by atoms with E-state index in [1.165, 1.54) is 61.8 Å². The van der Waals surface area contributed by atoms with Crippen LogP contribution < -0.4 is 4.74 Å². The third-order valence-electron chi connectivity index (χ3n) is 7.02. The van der Waals surface area contributed by atoms with E-state index in [-0.39, 0.29) is 5.41 Å². The lowest BCUT2D eigenvalue weighted by Gasteiger charge is -2.45. The van der Waals surface area contributed by atoms with Crippen LogP contribution in [0.15, 0.2) is 18.2 Å². The summed E-state index contributed by atoms with van der Waals surface area (Å²) in [7, 11) is 1.70. The number of fused-ring (bicyclic) bond motifs is 1. The van der Waals surface area contributed by atoms with Gasteiger partial charge >= 0.3 is 0 Å². The van der Waals surface area contributed by atoms with Crippen LogP contribution in [0.1, 0.15) is 71.6 Å². The van der Waals surface area contributed by atoms with Crippen LogP contribution in [0.5, 0.6) is 5.75 Å². The molecule has 4 rings (SSSR count). The fourth-order valence-electron chi connectivity index (χ4n) is 5.21. The maximum atomic E-state index is 9.42. The van der Waals surface area contributed by atoms with Gasteiger partial charge in [0, 0.05) is 5.22 Å². The van der Waals surface area contributed by atoms with Crippen molar-refractivity contribution in [3.63, 3.8) is 0 Å². The molecule has 0 aliphatic heterocycles. The van der Waals surface area contributed by atoms with Gasteiger partial charge in [-0.2, -0.15) is 5.26 Å². The normalized spacial score (nSPS) is 31.8. The van der Waals surface area contributed by atoms with Crippen molar-refractivity contribution in [2.75, 3.05) is 7.11 Å². The molecule has 136 valence electrons. The third-order valence-corrected chi connectivity index (χ3v) is 7.02. The van der Waals surface area contributed by atoms with Gasteiger partial charge in [-0.25, -0.2) is 0 Å². The van der Waals surface area contributed by atoms with Gasteiger partial charge in [0.1, 0.15) is 5.75 Å². The molecule has 4 aliphatic rings. The summed E-state index contributed by atoms with van der Waals surface area (Å²) in [6.45, 7) is 4.51. The van der Waals surface area contributed by atoms with Crippen molar-refractivity contribution in [3.05, 3.63) is 28.6 Å². The molecule has 4 unspecified atom stereocenters. The van der Waals surface area contributed by atoms with Crippen molar-refractivity contribution in [2.45, 2.75) is 71.6 Å². The fourth-order valence-corrected chi connectivity index (χ4v) is 5.21. The summed E-state index contributed by atoms with van der Waals surface area (Å²) in [6, 6.07) is 8.82. The van der Waals surface area contributed by atoms with Crippen LogP contribution in [-0.4, -0.2) is 7.11 Å². The van der Waals surface area contributed by atoms with E-state index in [0.717, 1.165) is 29.9 Å². The molecular weight excluding hydrogens is 306 g/mol. The molecule has 2 nitrogen and oxygen atoms in total. The minimum Gasteiger partial charge on any atom is -0.496 e. The summed E-state index contributed by atoms with van der Waals surface area (Å²) < 4.78 is 4.97. The van der Waals surface area contributed by atoms with Gasteiger partial charge in [0.25, 0.3) is 0 Å². The number of hydrogen-bond acceptors (Lipinski definition) is 2. The maximum Gasteiger partial charge on any atom is 0.127 e. The topological polar surface area (TPSA) is 33.0 Å². The lowest BCUT2D eigenvalue weighted by atomic mass is 9.59. The number of hydrogen-bond donors (Lipinski definition) is 0. The van der Waals surface area contributed by atoms with E-state index in [1.54, 1.807) is 7.11 Å². The first-order valence-electron chi connectivity index (χ1n) is 10.2. The summed E-state index contributed by atoms with van der Waals surface area (Å²) in [6.07, 6.45) is 11.8. The molecule has 0 heterocycles. The molecule has 2 heteroatoms. The Morgan fingerprint density at radius 2 is 2.04 bits per heavy atom. The number of nitrogens with zero attached hydrogens (tertiary/aromatic N) is 1. The monoisotopic (exact) mass is 339 g/mol. The Hall–Kier alpha value is -1.49. The Balaban J connectivity index is 0.000000188. The van der Waals surface area contributed by atoms with Crippen LogP contribution in [0.3, 0.4) is 0 Å². The molecule has 4 atom stereocenters. The second kappa shape index (κ2) is 7.81. The van der Waals surface area contributed by atoms with Crippen molar-refractivity contribution >= 4 is 0 Å². The minimum atomic E-state index is 0.0404. The van der Waals surface area contributed by atoms with Crippen LogP contribution >= 0.6 is 0 Å². The van der Waals surface area contributed by atoms with Crippen molar-refractivity contribution in [1.82, 2.24) is 0 Å². The quantitative estimate of drug-likeness (QED) is 0.662. The molecule has 0 spiro atoms. The second-order valence-electron chi connectivity index (χ2n) is 8.39. The van der Waals surface area contributed by atoms with Gasteiger partial charge in [-0.3, -0.25) is 0 Å². The average molecular weight is 340 g/mol. The Bertz CT molecular complexity index is 719. The number of nitriles is 1. The molecule has 0 radical (unpaired) electrons. The van der Waals surface area contributed by atoms with Gasteiger partial charge in [-0.15, -0.1) is 0 Å². The number of methoxy groups -OCH3 is 1. The largest absolute Gasteiger partial charge is 0.496 e. The smallest absolute Gasteiger partial charge is 0.127 e. The molecule has 4 aliphatic carbocycles. The molecule has 0 aromatic carbocycles. The molecule has 0 saturated heterocycles. The van der Waals surface area contributed by atoms with Crippen LogP contribution in [0.25, 0.3) is 0 Å². The van der Waals surface area contributed by atoms with Crippen molar-refractivity contribution in [3.8, 4) is 11.8 Å². The Morgan fingerprint density at radius 1 is 1.20 bits per heavy atom. The van der Waals surface area contributed by atoms with E-state index in [0.29, 0.717) is 0 Å². The zero-order valence-electron chi connectivity index (χ0n) is 16.2. The summed E-state index contributed by atoms with van der Waals surface area (Å²) in [5, 5.41) is 12.0. The molecule has 0 aromatic rings. The highest BCUT2D eigenvalue weighted by molar-refractivity contribution is 5.38. The third kappa shape index (κ3) is 3.71. The van der Waals surface area contributed by atoms with Crippen LogP contribution in [0.4, 0.5) is 0 Å². The first-order valence-corrected chi connectivity index (χ1v) is 10.2. The van der Waals surface area contributed by atoms with Gasteiger partial charge in [0.15, 0.2) is 0 Å². The first-order chi connectivity index (χ1) is 12.1. The van der Waals surface area contributed by atoms with Crippen molar-refractivity contribution in [2.24, 2.45) is 23.2 Å². The zero-order valence-corrected chi connectivity index (χ0v) is 16.2. The van der Waals surface area contributed by atoms with Crippen LogP contribution in [0, 0.1) is 44.9 Å². The summed E-state index contributed by atoms with van der Waals surface area (Å²) in [4.78, 5) is 0. The highest BCUT2D eigenvalue weighted by Gasteiger charge is 2.42. The highest BCUT2D eigenvalue weighted by Crippen LogP contribution is 2.51. The molecule has 2 saturated carbocycles. The van der Waals surface area contributed by atoms with E-state index in [9.17, 15) is 5.26 Å². The SMILES string of the molecule is CCCC1CCC2CC(C#N)(CC)CCC2C1.COc1cc2ccc1=2. The van der Waals surface area contributed by atoms with Gasteiger partial charge in [0.2, 0.25) is 0 Å². The maximum absolute atomic E-state index is 9.42. The minimum absolute atomic E-state index is 0.0404. The lowest BCUT2D eigenvalue weighted by molar-refractivity contribution is 0.0656. The zero-order chi connectivity index (χ0) is 17.9. The number of benzene rings is 1. The molecule has 0 bridgehead atoms. The van der Waals surface area contributed by atoms with E-state index in [2.05, 4.69) is 32.0 Å². The molecule has 0 amide bonds. The Kier molecular flexibility index (Phi) is 5.72. The predicted octanol–water partition coefficient (Wildman–Crippen LogP) is 6.22. The summed E-state index contributed by atoms with van der Waals surface area (Å²) in [5.74, 6) is 3.85. The van der Waals surface area contributed by atoms with Gasteiger partial charge < -0.3 is 4.74 Å². The summed E-state index contributed by atoms with van der Waals surface area (Å²) in [5.41, 5.74) is 0.0404. The Morgan fingerprint density at radius 3 is 2.52 bits per heavy atom. The molecule has 0 aromatic heterocycles. The average Bonchev–Trinajstić information content (AvgIpc) is 2.64.